The summed E-state index contributed by atoms with van der Waals surface area (Å²) in [6.07, 6.45) is 0. The largest absolute Gasteiger partial charge is 0.309 e. The van der Waals surface area contributed by atoms with Gasteiger partial charge in [-0.05, 0) is 47.5 Å². The Morgan fingerprint density at radius 2 is 0.940 bits per heavy atom. The van der Waals surface area contributed by atoms with Crippen LogP contribution in [0.4, 0.5) is 0 Å². The third-order valence-electron chi connectivity index (χ3n) is 9.26. The van der Waals surface area contributed by atoms with Crippen LogP contribution in [0.15, 0.2) is 176 Å². The quantitative estimate of drug-likeness (QED) is 0.187. The van der Waals surface area contributed by atoms with Crippen molar-refractivity contribution in [2.24, 2.45) is 0 Å². The maximum atomic E-state index is 8.79. The second-order valence-electron chi connectivity index (χ2n) is 12.2. The average Bonchev–Trinajstić information content (AvgIpc) is 3.74. The maximum absolute atomic E-state index is 8.79. The van der Waals surface area contributed by atoms with Gasteiger partial charge in [0.2, 0.25) is 5.95 Å². The van der Waals surface area contributed by atoms with Crippen molar-refractivity contribution < 1.29 is 6.85 Å². The van der Waals surface area contributed by atoms with Gasteiger partial charge in [-0.15, -0.1) is 0 Å². The first-order chi connectivity index (χ1) is 26.9. The van der Waals surface area contributed by atoms with Crippen LogP contribution in [0.3, 0.4) is 0 Å². The third kappa shape index (κ3) is 4.52. The van der Waals surface area contributed by atoms with Crippen molar-refractivity contribution in [2.45, 2.75) is 0 Å². The van der Waals surface area contributed by atoms with Crippen LogP contribution < -0.4 is 0 Å². The van der Waals surface area contributed by atoms with Crippen molar-refractivity contribution >= 4 is 43.6 Å². The number of hydrogen-bond donors (Lipinski definition) is 0. The van der Waals surface area contributed by atoms with Gasteiger partial charge in [0.25, 0.3) is 0 Å². The van der Waals surface area contributed by atoms with Gasteiger partial charge in [-0.25, -0.2) is 4.98 Å². The lowest BCUT2D eigenvalue weighted by Crippen LogP contribution is -2.06. The number of nitrogens with zero attached hydrogens (tertiary/aromatic N) is 5. The third-order valence-corrected chi connectivity index (χ3v) is 9.26. The summed E-state index contributed by atoms with van der Waals surface area (Å²) in [6.45, 7) is 0. The summed E-state index contributed by atoms with van der Waals surface area (Å²) in [6, 6.07) is 47.1. The molecule has 0 N–H and O–H groups in total. The molecule has 0 spiro atoms. The highest BCUT2D eigenvalue weighted by Gasteiger charge is 2.21. The Balaban J connectivity index is 1.30. The van der Waals surface area contributed by atoms with Crippen LogP contribution in [0.5, 0.6) is 0 Å². The zero-order valence-corrected chi connectivity index (χ0v) is 26.6. The molecule has 0 aliphatic rings. The standard InChI is InChI=1S/C45H29N5/c1-4-15-30(16-5-1)33-21-14-22-34(27-33)49-39-25-12-10-23-35(39)37-28-38-36-24-11-13-26-40(36)50(42(38)29-41(37)49)45-47-43(31-17-6-2-7-18-31)46-44(48-45)32-19-8-3-9-20-32/h1-29H/i2D,6D,7D,17D,18D. The SMILES string of the molecule is [2H]c1c([2H])c([2H])c(-c2nc(-c3ccccc3)nc(-n3c4ccccc4c4cc5c6ccccc6n(-c6cccc(-c7ccccc7)c6)c5cc43)n2)c([2H])c1[2H]. The molecule has 0 amide bonds. The minimum absolute atomic E-state index is 0.0142. The number of aromatic nitrogens is 5. The molecule has 0 bridgehead atoms. The van der Waals surface area contributed by atoms with Crippen LogP contribution in [0, 0.1) is 0 Å². The second-order valence-corrected chi connectivity index (χ2v) is 12.2. The van der Waals surface area contributed by atoms with Crippen molar-refractivity contribution in [1.82, 2.24) is 24.1 Å². The van der Waals surface area contributed by atoms with Gasteiger partial charge in [0.15, 0.2) is 11.6 Å². The molecule has 234 valence electrons. The minimum Gasteiger partial charge on any atom is -0.309 e. The molecular formula is C45H29N5. The van der Waals surface area contributed by atoms with Crippen LogP contribution in [0.1, 0.15) is 6.85 Å². The molecule has 3 aromatic heterocycles. The number of para-hydroxylation sites is 2. The topological polar surface area (TPSA) is 48.5 Å². The molecule has 0 saturated carbocycles. The molecule has 0 unspecified atom stereocenters. The molecule has 3 heterocycles. The van der Waals surface area contributed by atoms with Crippen LogP contribution in [0.2, 0.25) is 0 Å². The fourth-order valence-corrected chi connectivity index (χ4v) is 7.03. The lowest BCUT2D eigenvalue weighted by molar-refractivity contribution is 0.953. The Kier molecular flexibility index (Phi) is 5.35. The molecule has 0 radical (unpaired) electrons. The van der Waals surface area contributed by atoms with Crippen LogP contribution >= 0.6 is 0 Å². The lowest BCUT2D eigenvalue weighted by Gasteiger charge is -2.12. The normalized spacial score (nSPS) is 13.0. The monoisotopic (exact) mass is 644 g/mol. The lowest BCUT2D eigenvalue weighted by atomic mass is 10.1. The predicted octanol–water partition coefficient (Wildman–Crippen LogP) is 11.1. The van der Waals surface area contributed by atoms with Crippen LogP contribution in [-0.4, -0.2) is 24.1 Å². The van der Waals surface area contributed by atoms with Crippen LogP contribution in [-0.2, 0) is 0 Å². The highest BCUT2D eigenvalue weighted by molar-refractivity contribution is 6.19. The second kappa shape index (κ2) is 11.4. The zero-order chi connectivity index (χ0) is 37.4. The average molecular weight is 645 g/mol. The van der Waals surface area contributed by atoms with Gasteiger partial charge in [0.1, 0.15) is 0 Å². The molecule has 10 aromatic rings. The first-order valence-electron chi connectivity index (χ1n) is 18.9. The van der Waals surface area contributed by atoms with E-state index in [2.05, 4.69) is 83.4 Å². The summed E-state index contributed by atoms with van der Waals surface area (Å²) < 4.78 is 46.9. The molecule has 0 aliphatic heterocycles. The fraction of sp³-hybridized carbons (Fsp3) is 0. The van der Waals surface area contributed by atoms with Crippen molar-refractivity contribution in [3.05, 3.63) is 176 Å². The first kappa shape index (κ1) is 23.5. The Morgan fingerprint density at radius 3 is 1.64 bits per heavy atom. The van der Waals surface area contributed by atoms with E-state index in [1.54, 1.807) is 0 Å². The van der Waals surface area contributed by atoms with E-state index in [-0.39, 0.29) is 29.4 Å². The van der Waals surface area contributed by atoms with E-state index in [9.17, 15) is 0 Å². The van der Waals surface area contributed by atoms with Gasteiger partial charge in [0.05, 0.1) is 28.9 Å². The zero-order valence-electron chi connectivity index (χ0n) is 31.6. The molecule has 7 aromatic carbocycles. The fourth-order valence-electron chi connectivity index (χ4n) is 7.03. The Labute approximate surface area is 295 Å². The number of fused-ring (bicyclic) bond motifs is 6. The summed E-state index contributed by atoms with van der Waals surface area (Å²) in [7, 11) is 0. The van der Waals surface area contributed by atoms with E-state index in [0.29, 0.717) is 11.4 Å². The summed E-state index contributed by atoms with van der Waals surface area (Å²) in [4.78, 5) is 14.7. The summed E-state index contributed by atoms with van der Waals surface area (Å²) in [5.41, 5.74) is 7.62. The van der Waals surface area contributed by atoms with Gasteiger partial charge < -0.3 is 4.57 Å². The Hall–Kier alpha value is -6.85. The Morgan fingerprint density at radius 1 is 0.380 bits per heavy atom. The van der Waals surface area contributed by atoms with Crippen LogP contribution in [0.25, 0.3) is 89.2 Å². The molecule has 0 atom stereocenters. The van der Waals surface area contributed by atoms with Gasteiger partial charge in [-0.2, -0.15) is 9.97 Å². The summed E-state index contributed by atoms with van der Waals surface area (Å²) in [5.74, 6) is 0.556. The van der Waals surface area contributed by atoms with E-state index in [0.717, 1.165) is 60.4 Å². The van der Waals surface area contributed by atoms with E-state index >= 15 is 0 Å². The molecule has 0 fully saturated rings. The summed E-state index contributed by atoms with van der Waals surface area (Å²) >= 11 is 0. The van der Waals surface area contributed by atoms with Crippen molar-refractivity contribution in [1.29, 1.82) is 0 Å². The van der Waals surface area contributed by atoms with Gasteiger partial charge in [-0.1, -0.05) is 139 Å². The van der Waals surface area contributed by atoms with Crippen molar-refractivity contribution in [3.63, 3.8) is 0 Å². The van der Waals surface area contributed by atoms with Gasteiger partial charge in [-0.3, -0.25) is 4.57 Å². The smallest absolute Gasteiger partial charge is 0.238 e. The molecule has 50 heavy (non-hydrogen) atoms. The van der Waals surface area contributed by atoms with E-state index in [1.807, 2.05) is 71.3 Å². The highest BCUT2D eigenvalue weighted by atomic mass is 15.2. The van der Waals surface area contributed by atoms with E-state index in [4.69, 9.17) is 21.8 Å². The molecular weight excluding hydrogens is 611 g/mol. The highest BCUT2D eigenvalue weighted by Crippen LogP contribution is 2.40. The van der Waals surface area contributed by atoms with E-state index < -0.39 is 18.1 Å². The molecule has 0 aliphatic carbocycles. The molecule has 0 saturated heterocycles. The predicted molar refractivity (Wildman–Crippen MR) is 205 cm³/mol. The number of rotatable bonds is 5. The maximum Gasteiger partial charge on any atom is 0.238 e. The number of benzene rings is 7. The summed E-state index contributed by atoms with van der Waals surface area (Å²) in [5, 5.41) is 4.20. The molecule has 5 heteroatoms. The Bertz CT molecular complexity index is 3130. The van der Waals surface area contributed by atoms with Crippen molar-refractivity contribution in [3.8, 4) is 45.5 Å². The first-order valence-corrected chi connectivity index (χ1v) is 16.4. The molecule has 10 rings (SSSR count). The minimum atomic E-state index is -0.479. The number of hydrogen-bond acceptors (Lipinski definition) is 3. The van der Waals surface area contributed by atoms with Crippen molar-refractivity contribution in [2.75, 3.05) is 0 Å². The molecule has 5 nitrogen and oxygen atoms in total. The van der Waals surface area contributed by atoms with Gasteiger partial charge in [0, 0.05) is 38.4 Å². The van der Waals surface area contributed by atoms with E-state index in [1.165, 1.54) is 0 Å². The van der Waals surface area contributed by atoms with Gasteiger partial charge >= 0.3 is 0 Å².